The van der Waals surface area contributed by atoms with Crippen molar-refractivity contribution in [3.8, 4) is 5.75 Å². The van der Waals surface area contributed by atoms with Gasteiger partial charge in [-0.15, -0.1) is 0 Å². The summed E-state index contributed by atoms with van der Waals surface area (Å²) in [6.45, 7) is 3.66. The molecule has 0 bridgehead atoms. The van der Waals surface area contributed by atoms with E-state index in [2.05, 4.69) is 5.32 Å². The minimum absolute atomic E-state index is 0.00515. The molecule has 0 heterocycles. The summed E-state index contributed by atoms with van der Waals surface area (Å²) in [4.78, 5) is 11.3. The van der Waals surface area contributed by atoms with Gasteiger partial charge in [0.2, 0.25) is 5.91 Å². The van der Waals surface area contributed by atoms with Gasteiger partial charge in [-0.1, -0.05) is 17.7 Å². The van der Waals surface area contributed by atoms with Crippen LogP contribution in [0, 0.1) is 6.92 Å². The number of nitrogens with one attached hydrogen (secondary N) is 1. The van der Waals surface area contributed by atoms with Crippen LogP contribution in [-0.4, -0.2) is 25.6 Å². The van der Waals surface area contributed by atoms with Crippen molar-refractivity contribution in [2.45, 2.75) is 19.8 Å². The second kappa shape index (κ2) is 7.68. The summed E-state index contributed by atoms with van der Waals surface area (Å²) in [5, 5.41) is 2.78. The molecule has 1 amide bonds. The number of hydrogen-bond donors (Lipinski definition) is 2. The predicted octanol–water partition coefficient (Wildman–Crippen LogP) is 1.23. The number of nitrogens with two attached hydrogens (primary N) is 1. The normalized spacial score (nSPS) is 10.0. The van der Waals surface area contributed by atoms with Crippen molar-refractivity contribution in [1.29, 1.82) is 0 Å². The lowest BCUT2D eigenvalue weighted by atomic mass is 10.2. The summed E-state index contributed by atoms with van der Waals surface area (Å²) < 4.78 is 5.45. The molecule has 1 aromatic carbocycles. The van der Waals surface area contributed by atoms with Crippen molar-refractivity contribution >= 4 is 5.91 Å². The lowest BCUT2D eigenvalue weighted by Crippen LogP contribution is -2.27. The van der Waals surface area contributed by atoms with Crippen molar-refractivity contribution in [3.05, 3.63) is 29.8 Å². The highest BCUT2D eigenvalue weighted by Gasteiger charge is 2.00. The molecule has 0 aliphatic rings. The third-order valence-electron chi connectivity index (χ3n) is 2.32. The van der Waals surface area contributed by atoms with Gasteiger partial charge in [0.1, 0.15) is 5.75 Å². The van der Waals surface area contributed by atoms with Crippen molar-refractivity contribution < 1.29 is 9.53 Å². The molecule has 0 aliphatic carbocycles. The Balaban J connectivity index is 2.14. The van der Waals surface area contributed by atoms with E-state index in [1.165, 1.54) is 5.56 Å². The zero-order chi connectivity index (χ0) is 12.5. The smallest absolute Gasteiger partial charge is 0.223 e. The molecule has 94 valence electrons. The van der Waals surface area contributed by atoms with E-state index in [0.717, 1.165) is 12.2 Å². The second-order valence-corrected chi connectivity index (χ2v) is 3.90. The monoisotopic (exact) mass is 236 g/mol. The first-order valence-electron chi connectivity index (χ1n) is 5.88. The van der Waals surface area contributed by atoms with E-state index in [1.807, 2.05) is 31.2 Å². The average molecular weight is 236 g/mol. The molecule has 0 atom stereocenters. The number of benzene rings is 1. The molecule has 0 spiro atoms. The van der Waals surface area contributed by atoms with Gasteiger partial charge in [0.15, 0.2) is 0 Å². The molecule has 1 rings (SSSR count). The number of hydrogen-bond acceptors (Lipinski definition) is 3. The zero-order valence-electron chi connectivity index (χ0n) is 10.2. The lowest BCUT2D eigenvalue weighted by Gasteiger charge is -2.07. The molecule has 0 fully saturated rings. The molecule has 0 unspecified atom stereocenters. The molecule has 0 aromatic heterocycles. The van der Waals surface area contributed by atoms with Gasteiger partial charge in [-0.05, 0) is 32.0 Å². The quantitative estimate of drug-likeness (QED) is 0.700. The van der Waals surface area contributed by atoms with E-state index in [1.54, 1.807) is 0 Å². The number of carbonyl (C=O) groups excluding carboxylic acids is 1. The highest BCUT2D eigenvalue weighted by atomic mass is 16.5. The van der Waals surface area contributed by atoms with Crippen molar-refractivity contribution in [3.63, 3.8) is 0 Å². The first kappa shape index (κ1) is 13.5. The van der Waals surface area contributed by atoms with Crippen molar-refractivity contribution in [1.82, 2.24) is 5.32 Å². The van der Waals surface area contributed by atoms with Gasteiger partial charge in [-0.2, -0.15) is 0 Å². The molecular weight excluding hydrogens is 216 g/mol. The van der Waals surface area contributed by atoms with Crippen LogP contribution in [0.1, 0.15) is 18.4 Å². The van der Waals surface area contributed by atoms with Gasteiger partial charge in [0, 0.05) is 6.54 Å². The third kappa shape index (κ3) is 5.92. The minimum atomic E-state index is 0.00515. The fraction of sp³-hybridized carbons (Fsp3) is 0.462. The van der Waals surface area contributed by atoms with E-state index in [0.29, 0.717) is 26.1 Å². The fourth-order valence-corrected chi connectivity index (χ4v) is 1.31. The van der Waals surface area contributed by atoms with E-state index in [9.17, 15) is 4.79 Å². The maximum Gasteiger partial charge on any atom is 0.223 e. The Labute approximate surface area is 102 Å². The largest absolute Gasteiger partial charge is 0.493 e. The molecule has 0 aliphatic heterocycles. The van der Waals surface area contributed by atoms with Gasteiger partial charge >= 0.3 is 0 Å². The van der Waals surface area contributed by atoms with Crippen LogP contribution in [-0.2, 0) is 4.79 Å². The third-order valence-corrected chi connectivity index (χ3v) is 2.32. The van der Waals surface area contributed by atoms with Gasteiger partial charge in [0.25, 0.3) is 0 Å². The topological polar surface area (TPSA) is 64.3 Å². The van der Waals surface area contributed by atoms with Crippen LogP contribution in [0.5, 0.6) is 5.75 Å². The van der Waals surface area contributed by atoms with E-state index >= 15 is 0 Å². The molecule has 4 nitrogen and oxygen atoms in total. The summed E-state index contributed by atoms with van der Waals surface area (Å²) in [6.07, 6.45) is 1.18. The molecule has 0 radical (unpaired) electrons. The molecule has 0 saturated carbocycles. The van der Waals surface area contributed by atoms with Crippen LogP contribution in [0.15, 0.2) is 24.3 Å². The van der Waals surface area contributed by atoms with E-state index in [-0.39, 0.29) is 5.91 Å². The van der Waals surface area contributed by atoms with Crippen LogP contribution in [0.4, 0.5) is 0 Å². The van der Waals surface area contributed by atoms with Gasteiger partial charge in [-0.3, -0.25) is 4.79 Å². The Morgan fingerprint density at radius 2 is 2.06 bits per heavy atom. The van der Waals surface area contributed by atoms with E-state index < -0.39 is 0 Å². The summed E-state index contributed by atoms with van der Waals surface area (Å²) in [7, 11) is 0. The summed E-state index contributed by atoms with van der Waals surface area (Å²) >= 11 is 0. The Bertz CT molecular complexity index is 336. The van der Waals surface area contributed by atoms with Crippen LogP contribution in [0.25, 0.3) is 0 Å². The number of carbonyl (C=O) groups is 1. The zero-order valence-corrected chi connectivity index (χ0v) is 10.2. The van der Waals surface area contributed by atoms with Gasteiger partial charge in [0.05, 0.1) is 13.0 Å². The molecule has 0 saturated heterocycles. The maximum absolute atomic E-state index is 11.3. The average Bonchev–Trinajstić information content (AvgIpc) is 2.32. The van der Waals surface area contributed by atoms with Gasteiger partial charge < -0.3 is 15.8 Å². The highest BCUT2D eigenvalue weighted by molar-refractivity contribution is 5.75. The molecule has 3 N–H and O–H groups in total. The summed E-state index contributed by atoms with van der Waals surface area (Å²) in [5.41, 5.74) is 6.52. The Morgan fingerprint density at radius 3 is 2.71 bits per heavy atom. The first-order chi connectivity index (χ1) is 8.22. The number of amides is 1. The number of rotatable bonds is 7. The maximum atomic E-state index is 11.3. The standard InChI is InChI=1S/C13H20N2O2/c1-11-3-5-12(6-4-11)17-10-7-13(16)15-9-2-8-14/h3-6H,2,7-10,14H2,1H3,(H,15,16). The predicted molar refractivity (Wildman–Crippen MR) is 68.0 cm³/mol. The van der Waals surface area contributed by atoms with Crippen LogP contribution < -0.4 is 15.8 Å². The minimum Gasteiger partial charge on any atom is -0.493 e. The van der Waals surface area contributed by atoms with Crippen molar-refractivity contribution in [2.75, 3.05) is 19.7 Å². The number of ether oxygens (including phenoxy) is 1. The second-order valence-electron chi connectivity index (χ2n) is 3.90. The Morgan fingerprint density at radius 1 is 1.35 bits per heavy atom. The Kier molecular flexibility index (Phi) is 6.10. The summed E-state index contributed by atoms with van der Waals surface area (Å²) in [5.74, 6) is 0.802. The molecule has 4 heteroatoms. The number of aryl methyl sites for hydroxylation is 1. The highest BCUT2D eigenvalue weighted by Crippen LogP contribution is 2.11. The SMILES string of the molecule is Cc1ccc(OCCC(=O)NCCCN)cc1. The lowest BCUT2D eigenvalue weighted by molar-refractivity contribution is -0.121. The summed E-state index contributed by atoms with van der Waals surface area (Å²) in [6, 6.07) is 7.77. The molecule has 1 aromatic rings. The fourth-order valence-electron chi connectivity index (χ4n) is 1.31. The first-order valence-corrected chi connectivity index (χ1v) is 5.88. The van der Waals surface area contributed by atoms with E-state index in [4.69, 9.17) is 10.5 Å². The molecular formula is C13H20N2O2. The van der Waals surface area contributed by atoms with Crippen LogP contribution in [0.3, 0.4) is 0 Å². The van der Waals surface area contributed by atoms with Gasteiger partial charge in [-0.25, -0.2) is 0 Å². The molecule has 17 heavy (non-hydrogen) atoms. The van der Waals surface area contributed by atoms with Crippen LogP contribution in [0.2, 0.25) is 0 Å². The Hall–Kier alpha value is -1.55. The van der Waals surface area contributed by atoms with Crippen molar-refractivity contribution in [2.24, 2.45) is 5.73 Å². The van der Waals surface area contributed by atoms with Crippen LogP contribution >= 0.6 is 0 Å².